The summed E-state index contributed by atoms with van der Waals surface area (Å²) >= 11 is 0. The standard InChI is InChI=1S/3C7H6O2.Cr/c3*8-6-4-2-1-3-5-7(6)9;/h3*1-5H,(H,8,9);/p+3. The van der Waals surface area contributed by atoms with Crippen LogP contribution in [0.15, 0.2) is 91.0 Å². The minimum absolute atomic E-state index is 0. The first-order valence-corrected chi connectivity index (χ1v) is 7.82. The maximum absolute atomic E-state index is 8.83. The van der Waals surface area contributed by atoms with Crippen LogP contribution in [0.1, 0.15) is 0 Å². The van der Waals surface area contributed by atoms with Crippen molar-refractivity contribution < 1.29 is 47.1 Å². The Morgan fingerprint density at radius 3 is 0.857 bits per heavy atom. The van der Waals surface area contributed by atoms with Crippen LogP contribution in [0.25, 0.3) is 0 Å². The molecule has 0 spiro atoms. The first kappa shape index (κ1) is 24.6. The van der Waals surface area contributed by atoms with Gasteiger partial charge in [0.1, 0.15) is 0 Å². The van der Waals surface area contributed by atoms with Crippen LogP contribution in [-0.2, 0) is 17.4 Å². The van der Waals surface area contributed by atoms with Gasteiger partial charge in [-0.1, -0.05) is 54.6 Å². The van der Waals surface area contributed by atoms with E-state index in [1.165, 1.54) is 36.4 Å². The van der Waals surface area contributed by atoms with Crippen LogP contribution >= 0.6 is 0 Å². The summed E-state index contributed by atoms with van der Waals surface area (Å²) in [5.41, 5.74) is -0.292. The van der Waals surface area contributed by atoms with Crippen molar-refractivity contribution in [2.45, 2.75) is 0 Å². The van der Waals surface area contributed by atoms with Gasteiger partial charge in [-0.15, -0.1) is 0 Å². The van der Waals surface area contributed by atoms with E-state index < -0.39 is 0 Å². The Hall–Kier alpha value is -3.40. The summed E-state index contributed by atoms with van der Waals surface area (Å²) in [6, 6.07) is 23.6. The average molecular weight is 421 g/mol. The van der Waals surface area contributed by atoms with E-state index in [1.807, 2.05) is 0 Å². The second-order valence-corrected chi connectivity index (χ2v) is 5.04. The van der Waals surface area contributed by atoms with Gasteiger partial charge in [-0.3, -0.25) is 14.4 Å². The third-order valence-corrected chi connectivity index (χ3v) is 2.98. The largest absolute Gasteiger partial charge is 0.500 e. The number of hydrogen-bond donors (Lipinski definition) is 3. The summed E-state index contributed by atoms with van der Waals surface area (Å²) in [7, 11) is 0. The van der Waals surface area contributed by atoms with E-state index >= 15 is 0 Å². The van der Waals surface area contributed by atoms with E-state index in [2.05, 4.69) is 0 Å². The molecular formula is C21H21CrO6+3. The van der Waals surface area contributed by atoms with E-state index in [0.29, 0.717) is 0 Å². The third-order valence-electron chi connectivity index (χ3n) is 2.98. The quantitative estimate of drug-likeness (QED) is 0.472. The topological polar surface area (TPSA) is 125 Å². The van der Waals surface area contributed by atoms with E-state index in [9.17, 15) is 0 Å². The van der Waals surface area contributed by atoms with Gasteiger partial charge in [0.15, 0.2) is 0 Å². The van der Waals surface area contributed by atoms with Crippen LogP contribution in [0.2, 0.25) is 0 Å². The Morgan fingerprint density at radius 2 is 0.607 bits per heavy atom. The molecule has 3 aromatic rings. The van der Waals surface area contributed by atoms with Crippen LogP contribution in [0.4, 0.5) is 0 Å². The summed E-state index contributed by atoms with van der Waals surface area (Å²) in [6.45, 7) is 0. The molecule has 0 saturated carbocycles. The normalized spacial score (nSPS) is 8.57. The summed E-state index contributed by atoms with van der Waals surface area (Å²) in [6.07, 6.45) is 0. The van der Waals surface area contributed by atoms with Gasteiger partial charge >= 0.3 is 16.3 Å². The van der Waals surface area contributed by atoms with E-state index in [0.717, 1.165) is 0 Å². The molecule has 0 bridgehead atoms. The molecule has 0 aliphatic rings. The van der Waals surface area contributed by atoms with Gasteiger partial charge in [0.25, 0.3) is 0 Å². The molecule has 7 heteroatoms. The molecule has 0 unspecified atom stereocenters. The molecule has 6 N–H and O–H groups in total. The second kappa shape index (κ2) is 13.8. The Bertz CT molecular complexity index is 906. The molecular weight excluding hydrogens is 400 g/mol. The fraction of sp³-hybridized carbons (Fsp3) is 0. The van der Waals surface area contributed by atoms with Crippen LogP contribution in [0.3, 0.4) is 0 Å². The first-order chi connectivity index (χ1) is 12.9. The zero-order valence-electron chi connectivity index (χ0n) is 14.8. The maximum Gasteiger partial charge on any atom is 0.381 e. The molecule has 3 rings (SSSR count). The number of aromatic hydroxyl groups is 3. The van der Waals surface area contributed by atoms with Crippen LogP contribution < -0.4 is 16.3 Å². The second-order valence-electron chi connectivity index (χ2n) is 5.04. The van der Waals surface area contributed by atoms with Crippen molar-refractivity contribution >= 4 is 0 Å². The Balaban J connectivity index is 0.000000384. The molecule has 28 heavy (non-hydrogen) atoms. The molecule has 0 aliphatic carbocycles. The van der Waals surface area contributed by atoms with Gasteiger partial charge < -0.3 is 15.3 Å². The fourth-order valence-corrected chi connectivity index (χ4v) is 1.58. The predicted molar refractivity (Wildman–Crippen MR) is 99.5 cm³/mol. The van der Waals surface area contributed by atoms with Crippen molar-refractivity contribution in [3.8, 4) is 17.2 Å². The Labute approximate surface area is 171 Å². The van der Waals surface area contributed by atoms with Crippen molar-refractivity contribution in [2.75, 3.05) is 0 Å². The van der Waals surface area contributed by atoms with Crippen molar-refractivity contribution in [1.29, 1.82) is 0 Å². The molecule has 0 aliphatic heterocycles. The minimum atomic E-state index is -0.0972. The van der Waals surface area contributed by atoms with Crippen LogP contribution in [0, 0.1) is 0 Å². The zero-order chi connectivity index (χ0) is 20.1. The van der Waals surface area contributed by atoms with Crippen molar-refractivity contribution in [3.05, 3.63) is 107 Å². The van der Waals surface area contributed by atoms with Gasteiger partial charge in [0, 0.05) is 35.6 Å². The summed E-state index contributed by atoms with van der Waals surface area (Å²) in [5.74, 6) is -0.292. The molecule has 0 atom stereocenters. The fourth-order valence-electron chi connectivity index (χ4n) is 1.58. The third kappa shape index (κ3) is 9.92. The minimum Gasteiger partial charge on any atom is -0.500 e. The molecule has 6 nitrogen and oxygen atoms in total. The Morgan fingerprint density at radius 1 is 0.393 bits per heavy atom. The van der Waals surface area contributed by atoms with Crippen molar-refractivity contribution in [1.82, 2.24) is 0 Å². The van der Waals surface area contributed by atoms with Gasteiger partial charge in [0.05, 0.1) is 0 Å². The van der Waals surface area contributed by atoms with Crippen LogP contribution in [-0.4, -0.2) is 29.7 Å². The SMILES string of the molecule is Oc1cccccc1=[OH+].Oc1cccccc1=[OH+].Oc1cccccc1=[OH+].[Cr]. The van der Waals surface area contributed by atoms with E-state index in [1.54, 1.807) is 54.6 Å². The van der Waals surface area contributed by atoms with Gasteiger partial charge in [0.2, 0.25) is 17.2 Å². The van der Waals surface area contributed by atoms with E-state index in [-0.39, 0.29) is 50.9 Å². The smallest absolute Gasteiger partial charge is 0.381 e. The predicted octanol–water partition coefficient (Wildman–Crippen LogP) is 1.19. The van der Waals surface area contributed by atoms with Crippen molar-refractivity contribution in [2.24, 2.45) is 0 Å². The van der Waals surface area contributed by atoms with Crippen LogP contribution in [0.5, 0.6) is 17.2 Å². The summed E-state index contributed by atoms with van der Waals surface area (Å²) < 4.78 is 0. The average Bonchev–Trinajstić information content (AvgIpc) is 3.04. The molecule has 0 saturated heterocycles. The maximum atomic E-state index is 8.83. The van der Waals surface area contributed by atoms with Crippen molar-refractivity contribution in [3.63, 3.8) is 0 Å². The van der Waals surface area contributed by atoms with Gasteiger partial charge in [-0.2, -0.15) is 0 Å². The van der Waals surface area contributed by atoms with E-state index in [4.69, 9.17) is 29.7 Å². The summed E-state index contributed by atoms with van der Waals surface area (Å²) in [5, 5.41) is 26.5. The first-order valence-electron chi connectivity index (χ1n) is 7.82. The Kier molecular flexibility index (Phi) is 12.1. The van der Waals surface area contributed by atoms with Gasteiger partial charge in [-0.05, 0) is 18.2 Å². The molecule has 144 valence electrons. The summed E-state index contributed by atoms with van der Waals surface area (Å²) in [4.78, 5) is 26.5. The van der Waals surface area contributed by atoms with Gasteiger partial charge in [-0.25, -0.2) is 0 Å². The zero-order valence-corrected chi connectivity index (χ0v) is 16.0. The molecule has 0 aromatic heterocycles. The number of hydrogen-bond acceptors (Lipinski definition) is 3. The molecule has 0 fully saturated rings. The molecule has 3 aromatic carbocycles. The monoisotopic (exact) mass is 421 g/mol. The molecule has 0 radical (unpaired) electrons. The molecule has 0 amide bonds. The molecule has 0 heterocycles. The number of rotatable bonds is 0.